The van der Waals surface area contributed by atoms with Gasteiger partial charge in [0.15, 0.2) is 0 Å². The number of rotatable bonds is 5. The quantitative estimate of drug-likeness (QED) is 0.625. The highest BCUT2D eigenvalue weighted by molar-refractivity contribution is 6.04. The zero-order valence-corrected chi connectivity index (χ0v) is 15.9. The fraction of sp³-hybridized carbons (Fsp3) is 0.143. The number of nitrogens with zero attached hydrogens (tertiary/aromatic N) is 2. The fourth-order valence-electron chi connectivity index (χ4n) is 2.67. The maximum atomic E-state index is 12.4. The lowest BCUT2D eigenvalue weighted by molar-refractivity contribution is -0.114. The van der Waals surface area contributed by atoms with Crippen molar-refractivity contribution < 1.29 is 9.59 Å². The minimum absolute atomic E-state index is 0.177. The summed E-state index contributed by atoms with van der Waals surface area (Å²) in [6, 6.07) is 12.9. The second kappa shape index (κ2) is 8.30. The fourth-order valence-corrected chi connectivity index (χ4v) is 2.67. The summed E-state index contributed by atoms with van der Waals surface area (Å²) in [5.74, 6) is -0.0991. The standard InChI is InChI=1S/C21H21N5O2/c1-13-7-8-19(14(2)9-13)26-21-22-11-16(12-23-21)20(28)25-18-6-4-5-17(10-18)24-15(3)27/h4-12H,1-3H3,(H,24,27)(H,25,28)(H,22,23,26). The van der Waals surface area contributed by atoms with Gasteiger partial charge >= 0.3 is 0 Å². The topological polar surface area (TPSA) is 96.0 Å². The molecular weight excluding hydrogens is 354 g/mol. The van der Waals surface area contributed by atoms with Crippen LogP contribution >= 0.6 is 0 Å². The molecule has 142 valence electrons. The highest BCUT2D eigenvalue weighted by Crippen LogP contribution is 2.19. The average Bonchev–Trinajstić information content (AvgIpc) is 2.64. The lowest BCUT2D eigenvalue weighted by atomic mass is 10.1. The van der Waals surface area contributed by atoms with E-state index in [1.54, 1.807) is 24.3 Å². The zero-order chi connectivity index (χ0) is 20.1. The van der Waals surface area contributed by atoms with E-state index in [1.807, 2.05) is 26.0 Å². The van der Waals surface area contributed by atoms with Crippen LogP contribution in [0, 0.1) is 13.8 Å². The molecule has 0 spiro atoms. The van der Waals surface area contributed by atoms with E-state index in [2.05, 4.69) is 32.0 Å². The second-order valence-corrected chi connectivity index (χ2v) is 6.45. The summed E-state index contributed by atoms with van der Waals surface area (Å²) in [5.41, 5.74) is 4.68. The number of benzene rings is 2. The Bertz CT molecular complexity index is 1020. The van der Waals surface area contributed by atoms with E-state index in [9.17, 15) is 9.59 Å². The normalized spacial score (nSPS) is 10.2. The molecule has 0 saturated carbocycles. The molecule has 0 atom stereocenters. The third-order valence-electron chi connectivity index (χ3n) is 3.98. The first-order valence-corrected chi connectivity index (χ1v) is 8.76. The molecule has 3 aromatic rings. The monoisotopic (exact) mass is 375 g/mol. The Morgan fingerprint density at radius 2 is 1.57 bits per heavy atom. The van der Waals surface area contributed by atoms with Crippen molar-refractivity contribution in [3.05, 3.63) is 71.5 Å². The van der Waals surface area contributed by atoms with Crippen LogP contribution < -0.4 is 16.0 Å². The van der Waals surface area contributed by atoms with Gasteiger partial charge in [0.25, 0.3) is 5.91 Å². The molecule has 0 aliphatic carbocycles. The number of amides is 2. The molecule has 0 aliphatic heterocycles. The minimum atomic E-state index is -0.335. The number of anilines is 4. The molecule has 2 amide bonds. The van der Waals surface area contributed by atoms with Crippen LogP contribution in [0.25, 0.3) is 0 Å². The molecule has 0 fully saturated rings. The molecule has 7 nitrogen and oxygen atoms in total. The van der Waals surface area contributed by atoms with Crippen LogP contribution in [0.3, 0.4) is 0 Å². The Labute approximate surface area is 163 Å². The summed E-state index contributed by atoms with van der Waals surface area (Å²) in [6.07, 6.45) is 2.93. The number of carbonyl (C=O) groups excluding carboxylic acids is 2. The van der Waals surface area contributed by atoms with Gasteiger partial charge in [-0.05, 0) is 43.7 Å². The van der Waals surface area contributed by atoms with E-state index >= 15 is 0 Å². The van der Waals surface area contributed by atoms with Gasteiger partial charge in [-0.3, -0.25) is 9.59 Å². The van der Waals surface area contributed by atoms with Gasteiger partial charge in [0.2, 0.25) is 11.9 Å². The molecule has 28 heavy (non-hydrogen) atoms. The van der Waals surface area contributed by atoms with Crippen molar-refractivity contribution in [3.8, 4) is 0 Å². The summed E-state index contributed by atoms with van der Waals surface area (Å²) < 4.78 is 0. The number of carbonyl (C=O) groups is 2. The van der Waals surface area contributed by atoms with Gasteiger partial charge in [0, 0.05) is 36.4 Å². The Morgan fingerprint density at radius 1 is 0.893 bits per heavy atom. The SMILES string of the molecule is CC(=O)Nc1cccc(NC(=O)c2cnc(Nc3ccc(C)cc3C)nc2)c1. The molecule has 7 heteroatoms. The molecule has 0 aliphatic rings. The van der Waals surface area contributed by atoms with Crippen molar-refractivity contribution in [1.29, 1.82) is 0 Å². The van der Waals surface area contributed by atoms with Crippen LogP contribution in [-0.4, -0.2) is 21.8 Å². The van der Waals surface area contributed by atoms with Crippen LogP contribution in [0.15, 0.2) is 54.9 Å². The van der Waals surface area contributed by atoms with Crippen molar-refractivity contribution in [2.75, 3.05) is 16.0 Å². The van der Waals surface area contributed by atoms with Crippen LogP contribution in [0.2, 0.25) is 0 Å². The smallest absolute Gasteiger partial charge is 0.258 e. The Morgan fingerprint density at radius 3 is 2.21 bits per heavy atom. The predicted molar refractivity (Wildman–Crippen MR) is 110 cm³/mol. The number of aromatic nitrogens is 2. The van der Waals surface area contributed by atoms with E-state index in [0.29, 0.717) is 22.9 Å². The summed E-state index contributed by atoms with van der Waals surface area (Å²) in [6.45, 7) is 5.47. The van der Waals surface area contributed by atoms with Gasteiger partial charge in [-0.15, -0.1) is 0 Å². The molecule has 0 saturated heterocycles. The Balaban J connectivity index is 1.67. The van der Waals surface area contributed by atoms with Crippen molar-refractivity contribution in [2.24, 2.45) is 0 Å². The number of nitrogens with one attached hydrogen (secondary N) is 3. The highest BCUT2D eigenvalue weighted by atomic mass is 16.2. The van der Waals surface area contributed by atoms with Crippen molar-refractivity contribution >= 4 is 34.8 Å². The van der Waals surface area contributed by atoms with Gasteiger partial charge in [0.05, 0.1) is 5.56 Å². The van der Waals surface area contributed by atoms with E-state index in [-0.39, 0.29) is 11.8 Å². The van der Waals surface area contributed by atoms with Crippen molar-refractivity contribution in [1.82, 2.24) is 9.97 Å². The number of hydrogen-bond donors (Lipinski definition) is 3. The molecule has 3 N–H and O–H groups in total. The molecular formula is C21H21N5O2. The van der Waals surface area contributed by atoms with Gasteiger partial charge in [-0.2, -0.15) is 0 Å². The second-order valence-electron chi connectivity index (χ2n) is 6.45. The number of aryl methyl sites for hydroxylation is 2. The molecule has 0 unspecified atom stereocenters. The first-order valence-electron chi connectivity index (χ1n) is 8.76. The van der Waals surface area contributed by atoms with Crippen LogP contribution in [-0.2, 0) is 4.79 Å². The highest BCUT2D eigenvalue weighted by Gasteiger charge is 2.09. The first-order chi connectivity index (χ1) is 13.4. The summed E-state index contributed by atoms with van der Waals surface area (Å²) >= 11 is 0. The van der Waals surface area contributed by atoms with Crippen LogP contribution in [0.5, 0.6) is 0 Å². The predicted octanol–water partition coefficient (Wildman–Crippen LogP) is 4.05. The summed E-state index contributed by atoms with van der Waals surface area (Å²) in [5, 5.41) is 8.59. The van der Waals surface area contributed by atoms with Gasteiger partial charge in [-0.1, -0.05) is 23.8 Å². The lowest BCUT2D eigenvalue weighted by Crippen LogP contribution is -2.13. The first kappa shape index (κ1) is 19.0. The lowest BCUT2D eigenvalue weighted by Gasteiger charge is -2.10. The zero-order valence-electron chi connectivity index (χ0n) is 15.9. The van der Waals surface area contributed by atoms with Crippen molar-refractivity contribution in [3.63, 3.8) is 0 Å². The van der Waals surface area contributed by atoms with E-state index < -0.39 is 0 Å². The van der Waals surface area contributed by atoms with E-state index in [4.69, 9.17) is 0 Å². The summed E-state index contributed by atoms with van der Waals surface area (Å²) in [7, 11) is 0. The van der Waals surface area contributed by atoms with Gasteiger partial charge in [0.1, 0.15) is 0 Å². The maximum absolute atomic E-state index is 12.4. The molecule has 1 heterocycles. The maximum Gasteiger partial charge on any atom is 0.258 e. The third-order valence-corrected chi connectivity index (χ3v) is 3.98. The van der Waals surface area contributed by atoms with Crippen molar-refractivity contribution in [2.45, 2.75) is 20.8 Å². The molecule has 2 aromatic carbocycles. The Hall–Kier alpha value is -3.74. The summed E-state index contributed by atoms with van der Waals surface area (Å²) in [4.78, 5) is 32.0. The largest absolute Gasteiger partial charge is 0.326 e. The van der Waals surface area contributed by atoms with Crippen LogP contribution in [0.4, 0.5) is 23.0 Å². The molecule has 3 rings (SSSR count). The molecule has 0 bridgehead atoms. The molecule has 0 radical (unpaired) electrons. The number of hydrogen-bond acceptors (Lipinski definition) is 5. The minimum Gasteiger partial charge on any atom is -0.326 e. The van der Waals surface area contributed by atoms with E-state index in [0.717, 1.165) is 11.3 Å². The van der Waals surface area contributed by atoms with Gasteiger partial charge < -0.3 is 16.0 Å². The van der Waals surface area contributed by atoms with Gasteiger partial charge in [-0.25, -0.2) is 9.97 Å². The average molecular weight is 375 g/mol. The Kier molecular flexibility index (Phi) is 5.64. The molecule has 1 aromatic heterocycles. The van der Waals surface area contributed by atoms with E-state index in [1.165, 1.54) is 24.9 Å². The third kappa shape index (κ3) is 4.91. The van der Waals surface area contributed by atoms with Crippen LogP contribution in [0.1, 0.15) is 28.4 Å².